The van der Waals surface area contributed by atoms with Gasteiger partial charge in [0.25, 0.3) is 0 Å². The molecule has 0 radical (unpaired) electrons. The van der Waals surface area contributed by atoms with Crippen molar-refractivity contribution >= 4 is 16.7 Å². The molecule has 0 amide bonds. The van der Waals surface area contributed by atoms with Crippen LogP contribution in [-0.2, 0) is 9.47 Å². The number of ether oxygens (including phenoxy) is 4. The van der Waals surface area contributed by atoms with E-state index >= 15 is 0 Å². The fraction of sp³-hybridized carbons (Fsp3) is 0.577. The lowest BCUT2D eigenvalue weighted by atomic mass is 10.1. The first-order valence-corrected chi connectivity index (χ1v) is 12.9. The van der Waals surface area contributed by atoms with Gasteiger partial charge >= 0.3 is 6.01 Å². The minimum Gasteiger partial charge on any atom is -0.488 e. The first kappa shape index (κ1) is 22.5. The van der Waals surface area contributed by atoms with E-state index in [9.17, 15) is 0 Å². The van der Waals surface area contributed by atoms with Gasteiger partial charge in [0.2, 0.25) is 0 Å². The predicted molar refractivity (Wildman–Crippen MR) is 132 cm³/mol. The number of fused-ring (bicyclic) bond motifs is 4. The van der Waals surface area contributed by atoms with Gasteiger partial charge in [0, 0.05) is 44.2 Å². The van der Waals surface area contributed by atoms with Gasteiger partial charge in [-0.2, -0.15) is 15.1 Å². The Kier molecular flexibility index (Phi) is 6.43. The highest BCUT2D eigenvalue weighted by molar-refractivity contribution is 5.94. The molecule has 35 heavy (non-hydrogen) atoms. The summed E-state index contributed by atoms with van der Waals surface area (Å²) in [4.78, 5) is 11.9. The van der Waals surface area contributed by atoms with Gasteiger partial charge in [0.05, 0.1) is 18.7 Å². The van der Waals surface area contributed by atoms with E-state index in [0.717, 1.165) is 79.2 Å². The Balaban J connectivity index is 1.50. The summed E-state index contributed by atoms with van der Waals surface area (Å²) in [5, 5.41) is 6.06. The van der Waals surface area contributed by atoms with E-state index in [1.807, 2.05) is 23.7 Å². The molecular weight excluding hydrogens is 446 g/mol. The van der Waals surface area contributed by atoms with Gasteiger partial charge in [-0.1, -0.05) is 0 Å². The number of nitrogens with zero attached hydrogens (tertiary/aromatic N) is 5. The molecule has 5 heterocycles. The third-order valence-electron chi connectivity index (χ3n) is 6.82. The highest BCUT2D eigenvalue weighted by Gasteiger charge is 2.25. The van der Waals surface area contributed by atoms with Crippen molar-refractivity contribution in [1.29, 1.82) is 0 Å². The topological polar surface area (TPSA) is 83.8 Å². The van der Waals surface area contributed by atoms with Crippen LogP contribution in [0, 0.1) is 0 Å². The van der Waals surface area contributed by atoms with Gasteiger partial charge in [0.15, 0.2) is 6.23 Å². The van der Waals surface area contributed by atoms with Crippen molar-refractivity contribution in [3.8, 4) is 23.1 Å². The standard InChI is InChI=1S/C26H33N5O4/c1-18-17-32-12-6-14-34-26-27-21(16-23(28-26)30-10-3-4-11-30)25-20-15-19(35-18)8-9-22(20)31(29-25)24-7-2-5-13-33-24/h8-9,15-16,18,24H,2-7,10-14,17H2,1H3/t18-,24?/m0/s1. The summed E-state index contributed by atoms with van der Waals surface area (Å²) in [6.45, 7) is 6.37. The normalized spacial score (nSPS) is 23.5. The number of benzene rings is 1. The van der Waals surface area contributed by atoms with Gasteiger partial charge in [-0.25, -0.2) is 4.68 Å². The minimum atomic E-state index is -0.0831. The lowest BCUT2D eigenvalue weighted by Gasteiger charge is -2.23. The SMILES string of the molecule is C[C@H]1COCCCOc2nc(cc(N3CCCC3)n2)-c2nn(C3CCCCO3)c3ccc(cc23)O1. The smallest absolute Gasteiger partial charge is 0.318 e. The monoisotopic (exact) mass is 479 g/mol. The van der Waals surface area contributed by atoms with Crippen LogP contribution in [-0.4, -0.2) is 65.4 Å². The summed E-state index contributed by atoms with van der Waals surface area (Å²) < 4.78 is 26.1. The lowest BCUT2D eigenvalue weighted by molar-refractivity contribution is -0.0365. The molecule has 6 rings (SSSR count). The van der Waals surface area contributed by atoms with Crippen LogP contribution in [0.3, 0.4) is 0 Å². The van der Waals surface area contributed by atoms with Crippen molar-refractivity contribution < 1.29 is 18.9 Å². The van der Waals surface area contributed by atoms with Crippen LogP contribution in [0.5, 0.6) is 11.8 Å². The Labute approximate surface area is 205 Å². The molecule has 0 spiro atoms. The van der Waals surface area contributed by atoms with Crippen LogP contribution in [0.4, 0.5) is 5.82 Å². The van der Waals surface area contributed by atoms with Crippen LogP contribution in [0.25, 0.3) is 22.3 Å². The number of aromatic nitrogens is 4. The Morgan fingerprint density at radius 3 is 2.71 bits per heavy atom. The maximum absolute atomic E-state index is 6.20. The molecule has 2 aromatic heterocycles. The minimum absolute atomic E-state index is 0.0683. The summed E-state index contributed by atoms with van der Waals surface area (Å²) in [7, 11) is 0. The second-order valence-corrected chi connectivity index (χ2v) is 9.59. The zero-order valence-corrected chi connectivity index (χ0v) is 20.3. The molecule has 1 aromatic carbocycles. The summed E-state index contributed by atoms with van der Waals surface area (Å²) in [5.74, 6) is 1.68. The first-order valence-electron chi connectivity index (χ1n) is 12.9. The highest BCUT2D eigenvalue weighted by Crippen LogP contribution is 2.36. The Morgan fingerprint density at radius 1 is 0.943 bits per heavy atom. The molecule has 3 aromatic rings. The molecule has 3 aliphatic rings. The van der Waals surface area contributed by atoms with E-state index in [2.05, 4.69) is 17.0 Å². The predicted octanol–water partition coefficient (Wildman–Crippen LogP) is 4.36. The molecule has 2 fully saturated rings. The van der Waals surface area contributed by atoms with Gasteiger partial charge in [-0.15, -0.1) is 0 Å². The van der Waals surface area contributed by atoms with E-state index in [1.54, 1.807) is 0 Å². The third kappa shape index (κ3) is 4.79. The maximum Gasteiger partial charge on any atom is 0.318 e. The van der Waals surface area contributed by atoms with Gasteiger partial charge in [-0.3, -0.25) is 0 Å². The van der Waals surface area contributed by atoms with Crippen molar-refractivity contribution in [1.82, 2.24) is 19.7 Å². The van der Waals surface area contributed by atoms with E-state index in [1.165, 1.54) is 12.8 Å². The molecule has 0 N–H and O–H groups in total. The van der Waals surface area contributed by atoms with E-state index < -0.39 is 0 Å². The first-order chi connectivity index (χ1) is 17.2. The van der Waals surface area contributed by atoms with Crippen molar-refractivity contribution in [2.75, 3.05) is 44.4 Å². The molecule has 0 aliphatic carbocycles. The van der Waals surface area contributed by atoms with Crippen LogP contribution >= 0.6 is 0 Å². The number of anilines is 1. The molecule has 2 atom stereocenters. The Morgan fingerprint density at radius 2 is 1.86 bits per heavy atom. The zero-order chi connectivity index (χ0) is 23.6. The summed E-state index contributed by atoms with van der Waals surface area (Å²) in [6, 6.07) is 8.57. The lowest BCUT2D eigenvalue weighted by Crippen LogP contribution is -2.21. The molecule has 3 aliphatic heterocycles. The quantitative estimate of drug-likeness (QED) is 0.536. The van der Waals surface area contributed by atoms with Crippen molar-refractivity contribution in [3.63, 3.8) is 0 Å². The largest absolute Gasteiger partial charge is 0.488 e. The molecule has 4 bridgehead atoms. The maximum atomic E-state index is 6.20. The Hall–Kier alpha value is -2.91. The van der Waals surface area contributed by atoms with Crippen molar-refractivity contribution in [2.24, 2.45) is 0 Å². The van der Waals surface area contributed by atoms with Crippen molar-refractivity contribution in [2.45, 2.75) is 57.8 Å². The molecule has 0 saturated carbocycles. The molecule has 1 unspecified atom stereocenters. The summed E-state index contributed by atoms with van der Waals surface area (Å²) >= 11 is 0. The van der Waals surface area contributed by atoms with E-state index in [0.29, 0.717) is 25.8 Å². The molecule has 9 nitrogen and oxygen atoms in total. The summed E-state index contributed by atoms with van der Waals surface area (Å²) in [5.41, 5.74) is 2.56. The van der Waals surface area contributed by atoms with Crippen molar-refractivity contribution in [3.05, 3.63) is 24.3 Å². The van der Waals surface area contributed by atoms with Crippen LogP contribution in [0.2, 0.25) is 0 Å². The van der Waals surface area contributed by atoms with Gasteiger partial charge in [-0.05, 0) is 57.2 Å². The molecular formula is C26H33N5O4. The third-order valence-corrected chi connectivity index (χ3v) is 6.82. The van der Waals surface area contributed by atoms with Crippen LogP contribution in [0.15, 0.2) is 24.3 Å². The number of hydrogen-bond acceptors (Lipinski definition) is 8. The molecule has 2 saturated heterocycles. The molecule has 9 heteroatoms. The van der Waals surface area contributed by atoms with Crippen LogP contribution < -0.4 is 14.4 Å². The fourth-order valence-electron chi connectivity index (χ4n) is 5.07. The number of hydrogen-bond donors (Lipinski definition) is 0. The molecule has 186 valence electrons. The average molecular weight is 480 g/mol. The van der Waals surface area contributed by atoms with Gasteiger partial charge in [0.1, 0.15) is 29.1 Å². The average Bonchev–Trinajstić information content (AvgIpc) is 3.55. The number of rotatable bonds is 2. The second-order valence-electron chi connectivity index (χ2n) is 9.59. The summed E-state index contributed by atoms with van der Waals surface area (Å²) in [6.07, 6.45) is 6.11. The second kappa shape index (κ2) is 9.99. The zero-order valence-electron chi connectivity index (χ0n) is 20.3. The Bertz CT molecular complexity index is 1170. The van der Waals surface area contributed by atoms with E-state index in [4.69, 9.17) is 34.0 Å². The van der Waals surface area contributed by atoms with Crippen LogP contribution in [0.1, 0.15) is 51.7 Å². The fourth-order valence-corrected chi connectivity index (χ4v) is 5.07. The van der Waals surface area contributed by atoms with Gasteiger partial charge < -0.3 is 23.8 Å². The van der Waals surface area contributed by atoms with E-state index in [-0.39, 0.29) is 12.3 Å². The highest BCUT2D eigenvalue weighted by atomic mass is 16.5.